The minimum absolute atomic E-state index is 0.176. The fourth-order valence-electron chi connectivity index (χ4n) is 2.73. The van der Waals surface area contributed by atoms with Crippen molar-refractivity contribution in [1.29, 1.82) is 0 Å². The standard InChI is InChI=1S/C22H19Cl2NO3/c1-14-11-17(8-9-19(14)24)28-13-21(26)25-20-10-7-16(23)12-18(20)22(27)15-5-3-2-4-6-15/h2-12,22,27H,13H2,1H3,(H,25,26)/t22-/m1/s1. The molecule has 2 N–H and O–H groups in total. The zero-order valence-electron chi connectivity index (χ0n) is 15.2. The summed E-state index contributed by atoms with van der Waals surface area (Å²) in [6.07, 6.45) is -0.921. The normalized spacial score (nSPS) is 11.7. The number of anilines is 1. The number of hydrogen-bond donors (Lipinski definition) is 2. The molecule has 0 heterocycles. The summed E-state index contributed by atoms with van der Waals surface area (Å²) in [6.45, 7) is 1.69. The zero-order chi connectivity index (χ0) is 20.1. The molecule has 0 saturated heterocycles. The summed E-state index contributed by atoms with van der Waals surface area (Å²) in [5, 5.41) is 14.6. The Hall–Kier alpha value is -2.53. The minimum Gasteiger partial charge on any atom is -0.484 e. The lowest BCUT2D eigenvalue weighted by Gasteiger charge is -2.17. The number of halogens is 2. The van der Waals surface area contributed by atoms with Gasteiger partial charge in [0.1, 0.15) is 11.9 Å². The van der Waals surface area contributed by atoms with Crippen LogP contribution in [0.15, 0.2) is 66.7 Å². The van der Waals surface area contributed by atoms with Crippen molar-refractivity contribution < 1.29 is 14.6 Å². The second-order valence-corrected chi connectivity index (χ2v) is 7.14. The van der Waals surface area contributed by atoms with E-state index in [0.29, 0.717) is 32.6 Å². The van der Waals surface area contributed by atoms with Gasteiger partial charge in [-0.25, -0.2) is 0 Å². The molecule has 0 unspecified atom stereocenters. The van der Waals surface area contributed by atoms with E-state index in [-0.39, 0.29) is 12.5 Å². The van der Waals surface area contributed by atoms with Crippen molar-refractivity contribution in [3.05, 3.63) is 93.5 Å². The van der Waals surface area contributed by atoms with Crippen LogP contribution in [0.5, 0.6) is 5.75 Å². The van der Waals surface area contributed by atoms with Gasteiger partial charge in [-0.3, -0.25) is 4.79 Å². The van der Waals surface area contributed by atoms with Crippen molar-refractivity contribution >= 4 is 34.8 Å². The van der Waals surface area contributed by atoms with Gasteiger partial charge in [0, 0.05) is 21.3 Å². The van der Waals surface area contributed by atoms with Gasteiger partial charge in [-0.2, -0.15) is 0 Å². The first-order chi connectivity index (χ1) is 13.4. The molecule has 3 aromatic carbocycles. The highest BCUT2D eigenvalue weighted by Crippen LogP contribution is 2.31. The van der Waals surface area contributed by atoms with Gasteiger partial charge in [0.05, 0.1) is 0 Å². The molecular weight excluding hydrogens is 397 g/mol. The Morgan fingerprint density at radius 1 is 1.07 bits per heavy atom. The molecule has 0 bridgehead atoms. The highest BCUT2D eigenvalue weighted by molar-refractivity contribution is 6.31. The summed E-state index contributed by atoms with van der Waals surface area (Å²) in [4.78, 5) is 12.4. The van der Waals surface area contributed by atoms with Gasteiger partial charge in [-0.05, 0) is 54.4 Å². The smallest absolute Gasteiger partial charge is 0.262 e. The van der Waals surface area contributed by atoms with Crippen LogP contribution in [0.25, 0.3) is 0 Å². The number of benzene rings is 3. The maximum absolute atomic E-state index is 12.4. The van der Waals surface area contributed by atoms with Gasteiger partial charge < -0.3 is 15.2 Å². The van der Waals surface area contributed by atoms with Gasteiger partial charge in [-0.15, -0.1) is 0 Å². The number of ether oxygens (including phenoxy) is 1. The zero-order valence-corrected chi connectivity index (χ0v) is 16.7. The fourth-order valence-corrected chi connectivity index (χ4v) is 3.03. The van der Waals surface area contributed by atoms with Crippen molar-refractivity contribution in [3.8, 4) is 5.75 Å². The molecule has 0 aromatic heterocycles. The third-order valence-corrected chi connectivity index (χ3v) is 4.86. The van der Waals surface area contributed by atoms with Crippen LogP contribution >= 0.6 is 23.2 Å². The second-order valence-electron chi connectivity index (χ2n) is 6.29. The van der Waals surface area contributed by atoms with E-state index in [0.717, 1.165) is 5.56 Å². The SMILES string of the molecule is Cc1cc(OCC(=O)Nc2ccc(Cl)cc2[C@H](O)c2ccccc2)ccc1Cl. The summed E-state index contributed by atoms with van der Waals surface area (Å²) in [6, 6.07) is 19.3. The molecule has 3 rings (SSSR count). The van der Waals surface area contributed by atoms with E-state index in [1.807, 2.05) is 37.3 Å². The van der Waals surface area contributed by atoms with Crippen molar-refractivity contribution in [2.75, 3.05) is 11.9 Å². The summed E-state index contributed by atoms with van der Waals surface area (Å²) in [5.74, 6) is 0.203. The van der Waals surface area contributed by atoms with E-state index in [1.54, 1.807) is 36.4 Å². The maximum atomic E-state index is 12.4. The van der Waals surface area contributed by atoms with Gasteiger partial charge in [-0.1, -0.05) is 53.5 Å². The maximum Gasteiger partial charge on any atom is 0.262 e. The molecule has 1 amide bonds. The average molecular weight is 416 g/mol. The summed E-state index contributed by atoms with van der Waals surface area (Å²) >= 11 is 12.1. The van der Waals surface area contributed by atoms with E-state index in [4.69, 9.17) is 27.9 Å². The number of nitrogens with one attached hydrogen (secondary N) is 1. The van der Waals surface area contributed by atoms with Gasteiger partial charge in [0.15, 0.2) is 6.61 Å². The number of aryl methyl sites for hydroxylation is 1. The molecule has 0 radical (unpaired) electrons. The van der Waals surface area contributed by atoms with Crippen LogP contribution in [-0.2, 0) is 4.79 Å². The largest absolute Gasteiger partial charge is 0.484 e. The van der Waals surface area contributed by atoms with Crippen LogP contribution in [0.1, 0.15) is 22.8 Å². The highest BCUT2D eigenvalue weighted by atomic mass is 35.5. The Morgan fingerprint density at radius 3 is 2.54 bits per heavy atom. The molecule has 1 atom stereocenters. The van der Waals surface area contributed by atoms with E-state index in [9.17, 15) is 9.90 Å². The predicted molar refractivity (Wildman–Crippen MR) is 112 cm³/mol. The second kappa shape index (κ2) is 9.11. The van der Waals surface area contributed by atoms with Crippen LogP contribution in [-0.4, -0.2) is 17.6 Å². The molecular formula is C22H19Cl2NO3. The quantitative estimate of drug-likeness (QED) is 0.566. The molecule has 3 aromatic rings. The summed E-state index contributed by atoms with van der Waals surface area (Å²) in [5.41, 5.74) is 2.55. The molecule has 0 aliphatic rings. The monoisotopic (exact) mass is 415 g/mol. The van der Waals surface area contributed by atoms with E-state index in [1.165, 1.54) is 0 Å². The van der Waals surface area contributed by atoms with Crippen LogP contribution in [0.2, 0.25) is 10.0 Å². The third kappa shape index (κ3) is 5.04. The fraction of sp³-hybridized carbons (Fsp3) is 0.136. The number of aliphatic hydroxyl groups is 1. The lowest BCUT2D eigenvalue weighted by molar-refractivity contribution is -0.118. The Balaban J connectivity index is 1.72. The number of amides is 1. The van der Waals surface area contributed by atoms with Crippen LogP contribution < -0.4 is 10.1 Å². The van der Waals surface area contributed by atoms with E-state index >= 15 is 0 Å². The van der Waals surface area contributed by atoms with E-state index < -0.39 is 6.10 Å². The number of carbonyl (C=O) groups is 1. The molecule has 4 nitrogen and oxygen atoms in total. The van der Waals surface area contributed by atoms with Crippen LogP contribution in [0, 0.1) is 6.92 Å². The molecule has 144 valence electrons. The predicted octanol–water partition coefficient (Wildman–Crippen LogP) is 5.40. The molecule has 0 aliphatic heterocycles. The van der Waals surface area contributed by atoms with Crippen molar-refractivity contribution in [3.63, 3.8) is 0 Å². The molecule has 0 saturated carbocycles. The Morgan fingerprint density at radius 2 is 1.82 bits per heavy atom. The Kier molecular flexibility index (Phi) is 6.57. The Labute approximate surface area is 173 Å². The minimum atomic E-state index is -0.921. The molecule has 0 aliphatic carbocycles. The first-order valence-corrected chi connectivity index (χ1v) is 9.41. The van der Waals surface area contributed by atoms with Crippen LogP contribution in [0.4, 0.5) is 5.69 Å². The average Bonchev–Trinajstić information content (AvgIpc) is 2.70. The summed E-state index contributed by atoms with van der Waals surface area (Å²) < 4.78 is 5.53. The van der Waals surface area contributed by atoms with Gasteiger partial charge >= 0.3 is 0 Å². The highest BCUT2D eigenvalue weighted by Gasteiger charge is 2.17. The van der Waals surface area contributed by atoms with Gasteiger partial charge in [0.25, 0.3) is 5.91 Å². The molecule has 28 heavy (non-hydrogen) atoms. The number of carbonyl (C=O) groups excluding carboxylic acids is 1. The Bertz CT molecular complexity index is 977. The lowest BCUT2D eigenvalue weighted by Crippen LogP contribution is -2.21. The van der Waals surface area contributed by atoms with Crippen LogP contribution in [0.3, 0.4) is 0 Å². The van der Waals surface area contributed by atoms with Crippen molar-refractivity contribution in [2.24, 2.45) is 0 Å². The lowest BCUT2D eigenvalue weighted by atomic mass is 10.00. The van der Waals surface area contributed by atoms with E-state index in [2.05, 4.69) is 5.32 Å². The first kappa shape index (κ1) is 20.2. The topological polar surface area (TPSA) is 58.6 Å². The number of hydrogen-bond acceptors (Lipinski definition) is 3. The molecule has 6 heteroatoms. The number of aliphatic hydroxyl groups excluding tert-OH is 1. The third-order valence-electron chi connectivity index (χ3n) is 4.20. The van der Waals surface area contributed by atoms with Crippen molar-refractivity contribution in [1.82, 2.24) is 0 Å². The first-order valence-electron chi connectivity index (χ1n) is 8.65. The van der Waals surface area contributed by atoms with Gasteiger partial charge in [0.2, 0.25) is 0 Å². The summed E-state index contributed by atoms with van der Waals surface area (Å²) in [7, 11) is 0. The van der Waals surface area contributed by atoms with Crippen molar-refractivity contribution in [2.45, 2.75) is 13.0 Å². The molecule has 0 spiro atoms. The number of rotatable bonds is 6. The molecule has 0 fully saturated rings.